The summed E-state index contributed by atoms with van der Waals surface area (Å²) in [5.41, 5.74) is 2.20. The molecule has 0 spiro atoms. The molecule has 3 atom stereocenters. The Kier molecular flexibility index (Phi) is 5.25. The highest BCUT2D eigenvalue weighted by Crippen LogP contribution is 2.38. The van der Waals surface area contributed by atoms with E-state index in [4.69, 9.17) is 0 Å². The molecule has 2 aliphatic heterocycles. The molecule has 0 radical (unpaired) electrons. The number of aromatic nitrogens is 3. The molecule has 0 N–H and O–H groups in total. The summed E-state index contributed by atoms with van der Waals surface area (Å²) in [4.78, 5) is 17.9. The summed E-state index contributed by atoms with van der Waals surface area (Å²) in [6.45, 7) is 4.10. The SMILES string of the molecule is Cc1cn(CC(=O)N2CCCC[C@@H]3[C@H]2[C@@H](c2ccccc2)CCN3C)nn1. The van der Waals surface area contributed by atoms with Crippen molar-refractivity contribution in [3.63, 3.8) is 0 Å². The van der Waals surface area contributed by atoms with Gasteiger partial charge in [0.05, 0.1) is 11.7 Å². The average molecular weight is 367 g/mol. The van der Waals surface area contributed by atoms with Crippen LogP contribution in [0.5, 0.6) is 0 Å². The molecular weight excluding hydrogens is 338 g/mol. The first-order valence-corrected chi connectivity index (χ1v) is 10.0. The van der Waals surface area contributed by atoms with E-state index in [1.807, 2.05) is 13.1 Å². The average Bonchev–Trinajstić information content (AvgIpc) is 2.95. The van der Waals surface area contributed by atoms with Crippen LogP contribution in [0.1, 0.15) is 42.9 Å². The molecule has 1 aromatic carbocycles. The number of amides is 1. The predicted octanol–water partition coefficient (Wildman–Crippen LogP) is 2.46. The summed E-state index contributed by atoms with van der Waals surface area (Å²) in [5, 5.41) is 8.10. The van der Waals surface area contributed by atoms with Gasteiger partial charge >= 0.3 is 0 Å². The van der Waals surface area contributed by atoms with Gasteiger partial charge in [-0.3, -0.25) is 4.79 Å². The first kappa shape index (κ1) is 18.2. The maximum Gasteiger partial charge on any atom is 0.244 e. The summed E-state index contributed by atoms with van der Waals surface area (Å²) in [6, 6.07) is 11.4. The lowest BCUT2D eigenvalue weighted by Crippen LogP contribution is -2.58. The Morgan fingerprint density at radius 1 is 1.15 bits per heavy atom. The Morgan fingerprint density at radius 2 is 1.96 bits per heavy atom. The van der Waals surface area contributed by atoms with Crippen molar-refractivity contribution in [3.8, 4) is 0 Å². The first-order valence-electron chi connectivity index (χ1n) is 10.0. The third-order valence-corrected chi connectivity index (χ3v) is 6.17. The van der Waals surface area contributed by atoms with Crippen molar-refractivity contribution in [2.24, 2.45) is 0 Å². The molecule has 2 aromatic rings. The Hall–Kier alpha value is -2.21. The number of aryl methyl sites for hydroxylation is 1. The van der Waals surface area contributed by atoms with Crippen molar-refractivity contribution in [2.45, 2.75) is 57.2 Å². The van der Waals surface area contributed by atoms with Crippen molar-refractivity contribution < 1.29 is 4.79 Å². The summed E-state index contributed by atoms with van der Waals surface area (Å²) in [7, 11) is 2.22. The van der Waals surface area contributed by atoms with Crippen LogP contribution >= 0.6 is 0 Å². The molecule has 6 nitrogen and oxygen atoms in total. The number of benzene rings is 1. The Bertz CT molecular complexity index is 774. The third-order valence-electron chi connectivity index (χ3n) is 6.17. The van der Waals surface area contributed by atoms with Gasteiger partial charge in [-0.1, -0.05) is 42.0 Å². The fraction of sp³-hybridized carbons (Fsp3) is 0.571. The lowest BCUT2D eigenvalue weighted by atomic mass is 9.79. The molecule has 1 amide bonds. The molecule has 2 saturated heterocycles. The van der Waals surface area contributed by atoms with Gasteiger partial charge in [0.25, 0.3) is 0 Å². The van der Waals surface area contributed by atoms with E-state index in [0.29, 0.717) is 12.0 Å². The van der Waals surface area contributed by atoms with Crippen LogP contribution in [0.3, 0.4) is 0 Å². The number of carbonyl (C=O) groups is 1. The molecule has 0 saturated carbocycles. The molecule has 4 rings (SSSR count). The molecule has 1 aromatic heterocycles. The van der Waals surface area contributed by atoms with Gasteiger partial charge in [0.1, 0.15) is 6.54 Å². The smallest absolute Gasteiger partial charge is 0.244 e. The summed E-state index contributed by atoms with van der Waals surface area (Å²) in [6.07, 6.45) is 6.35. The quantitative estimate of drug-likeness (QED) is 0.836. The van der Waals surface area contributed by atoms with E-state index in [1.165, 1.54) is 12.0 Å². The van der Waals surface area contributed by atoms with E-state index in [1.54, 1.807) is 4.68 Å². The van der Waals surface area contributed by atoms with Crippen molar-refractivity contribution >= 4 is 5.91 Å². The molecule has 0 aliphatic carbocycles. The van der Waals surface area contributed by atoms with E-state index < -0.39 is 0 Å². The Balaban J connectivity index is 1.64. The van der Waals surface area contributed by atoms with Crippen LogP contribution < -0.4 is 0 Å². The first-order chi connectivity index (χ1) is 13.1. The maximum atomic E-state index is 13.3. The highest BCUT2D eigenvalue weighted by Gasteiger charge is 2.43. The summed E-state index contributed by atoms with van der Waals surface area (Å²) < 4.78 is 1.67. The van der Waals surface area contributed by atoms with Crippen molar-refractivity contribution in [1.82, 2.24) is 24.8 Å². The monoisotopic (exact) mass is 367 g/mol. The summed E-state index contributed by atoms with van der Waals surface area (Å²) in [5.74, 6) is 0.556. The second-order valence-electron chi connectivity index (χ2n) is 7.98. The highest BCUT2D eigenvalue weighted by atomic mass is 16.2. The van der Waals surface area contributed by atoms with Crippen molar-refractivity contribution in [3.05, 3.63) is 47.8 Å². The van der Waals surface area contributed by atoms with Gasteiger partial charge in [0.2, 0.25) is 5.91 Å². The van der Waals surface area contributed by atoms with Crippen LogP contribution in [-0.4, -0.2) is 62.9 Å². The van der Waals surface area contributed by atoms with E-state index in [9.17, 15) is 4.79 Å². The Morgan fingerprint density at radius 3 is 2.70 bits per heavy atom. The molecule has 3 heterocycles. The molecule has 144 valence electrons. The van der Waals surface area contributed by atoms with Gasteiger partial charge in [-0.15, -0.1) is 5.10 Å². The predicted molar refractivity (Wildman–Crippen MR) is 104 cm³/mol. The van der Waals surface area contributed by atoms with Crippen LogP contribution in [0, 0.1) is 6.92 Å². The topological polar surface area (TPSA) is 54.3 Å². The zero-order valence-electron chi connectivity index (χ0n) is 16.3. The molecule has 2 aliphatic rings. The maximum absolute atomic E-state index is 13.3. The third kappa shape index (κ3) is 3.76. The number of likely N-dealkylation sites (N-methyl/N-ethyl adjacent to an activating group) is 1. The highest BCUT2D eigenvalue weighted by molar-refractivity contribution is 5.76. The second-order valence-corrected chi connectivity index (χ2v) is 7.98. The molecule has 2 fully saturated rings. The number of likely N-dealkylation sites (tertiary alicyclic amines) is 2. The number of hydrogen-bond donors (Lipinski definition) is 0. The molecule has 27 heavy (non-hydrogen) atoms. The van der Waals surface area contributed by atoms with Crippen molar-refractivity contribution in [2.75, 3.05) is 20.1 Å². The minimum absolute atomic E-state index is 0.160. The summed E-state index contributed by atoms with van der Waals surface area (Å²) >= 11 is 0. The number of piperidine rings is 1. The number of hydrogen-bond acceptors (Lipinski definition) is 4. The number of nitrogens with zero attached hydrogens (tertiary/aromatic N) is 5. The largest absolute Gasteiger partial charge is 0.336 e. The molecule has 0 bridgehead atoms. The van der Waals surface area contributed by atoms with Crippen molar-refractivity contribution in [1.29, 1.82) is 0 Å². The van der Waals surface area contributed by atoms with E-state index in [0.717, 1.165) is 38.0 Å². The zero-order chi connectivity index (χ0) is 18.8. The van der Waals surface area contributed by atoms with Crippen LogP contribution in [0.2, 0.25) is 0 Å². The van der Waals surface area contributed by atoms with Gasteiger partial charge in [0.15, 0.2) is 0 Å². The minimum atomic E-state index is 0.160. The lowest BCUT2D eigenvalue weighted by molar-refractivity contribution is -0.137. The fourth-order valence-electron chi connectivity index (χ4n) is 4.87. The van der Waals surface area contributed by atoms with E-state index >= 15 is 0 Å². The van der Waals surface area contributed by atoms with E-state index in [2.05, 4.69) is 57.5 Å². The van der Waals surface area contributed by atoms with Gasteiger partial charge in [-0.25, -0.2) is 4.68 Å². The molecular formula is C21H29N5O. The molecule has 0 unspecified atom stereocenters. The number of rotatable bonds is 3. The van der Waals surface area contributed by atoms with Gasteiger partial charge < -0.3 is 9.80 Å². The Labute approximate surface area is 161 Å². The molecule has 6 heteroatoms. The zero-order valence-corrected chi connectivity index (χ0v) is 16.3. The van der Waals surface area contributed by atoms with Crippen LogP contribution in [-0.2, 0) is 11.3 Å². The van der Waals surface area contributed by atoms with Gasteiger partial charge in [-0.2, -0.15) is 0 Å². The van der Waals surface area contributed by atoms with E-state index in [-0.39, 0.29) is 18.5 Å². The fourth-order valence-corrected chi connectivity index (χ4v) is 4.87. The van der Waals surface area contributed by atoms with Crippen LogP contribution in [0.4, 0.5) is 0 Å². The normalized spacial score (nSPS) is 26.4. The van der Waals surface area contributed by atoms with Crippen LogP contribution in [0.15, 0.2) is 36.5 Å². The van der Waals surface area contributed by atoms with Gasteiger partial charge in [0, 0.05) is 24.7 Å². The number of carbonyl (C=O) groups excluding carboxylic acids is 1. The van der Waals surface area contributed by atoms with Crippen LogP contribution in [0.25, 0.3) is 0 Å². The minimum Gasteiger partial charge on any atom is -0.336 e. The number of fused-ring (bicyclic) bond motifs is 1. The lowest BCUT2D eigenvalue weighted by Gasteiger charge is -2.48. The standard InChI is InChI=1S/C21H29N5O/c1-16-14-25(23-22-16)15-20(27)26-12-7-6-10-19-21(26)18(11-13-24(19)2)17-8-4-3-5-9-17/h3-5,8-9,14,18-19,21H,6-7,10-13,15H2,1-2H3/t18-,19-,21-/m1/s1. The second kappa shape index (κ2) is 7.80. The van der Waals surface area contributed by atoms with Gasteiger partial charge in [-0.05, 0) is 45.3 Å².